The Labute approximate surface area is 90.8 Å². The Balaban J connectivity index is 1.79. The van der Waals surface area contributed by atoms with E-state index in [1.165, 1.54) is 12.8 Å². The molecule has 3 unspecified atom stereocenters. The second-order valence-electron chi connectivity index (χ2n) is 5.82. The predicted molar refractivity (Wildman–Crippen MR) is 56.3 cm³/mol. The van der Waals surface area contributed by atoms with Crippen molar-refractivity contribution in [1.29, 1.82) is 0 Å². The van der Waals surface area contributed by atoms with Gasteiger partial charge in [-0.25, -0.2) is 0 Å². The predicted octanol–water partition coefficient (Wildman–Crippen LogP) is 1.42. The molecule has 84 valence electrons. The number of nitrogens with zero attached hydrogens (tertiary/aromatic N) is 1. The van der Waals surface area contributed by atoms with E-state index in [1.54, 1.807) is 6.92 Å². The second kappa shape index (κ2) is 2.76. The number of carbonyl (C=O) groups is 1. The molecule has 3 aliphatic rings. The third kappa shape index (κ3) is 1.19. The number of amides is 1. The van der Waals surface area contributed by atoms with E-state index >= 15 is 0 Å². The van der Waals surface area contributed by atoms with Crippen LogP contribution in [-0.2, 0) is 9.53 Å². The zero-order chi connectivity index (χ0) is 10.8. The molecule has 1 aliphatic carbocycles. The van der Waals surface area contributed by atoms with Crippen LogP contribution in [0.5, 0.6) is 0 Å². The molecule has 0 bridgehead atoms. The average Bonchev–Trinajstić information content (AvgIpc) is 2.69. The van der Waals surface area contributed by atoms with E-state index in [1.807, 2.05) is 0 Å². The summed E-state index contributed by atoms with van der Waals surface area (Å²) in [6.45, 7) is 7.12. The zero-order valence-corrected chi connectivity index (χ0v) is 9.69. The topological polar surface area (TPSA) is 32.8 Å². The Hall–Kier alpha value is -0.570. The van der Waals surface area contributed by atoms with E-state index in [0.717, 1.165) is 6.54 Å². The summed E-state index contributed by atoms with van der Waals surface area (Å²) < 4.78 is 5.50. The van der Waals surface area contributed by atoms with Gasteiger partial charge in [0.2, 0.25) is 5.91 Å². The monoisotopic (exact) mass is 209 g/mol. The molecule has 0 aromatic heterocycles. The van der Waals surface area contributed by atoms with Gasteiger partial charge in [-0.15, -0.1) is 0 Å². The molecule has 15 heavy (non-hydrogen) atoms. The van der Waals surface area contributed by atoms with Crippen LogP contribution in [0.1, 0.15) is 33.6 Å². The highest BCUT2D eigenvalue weighted by molar-refractivity contribution is 5.75. The summed E-state index contributed by atoms with van der Waals surface area (Å²) in [6, 6.07) is 0.464. The van der Waals surface area contributed by atoms with Crippen molar-refractivity contribution in [2.45, 2.75) is 51.9 Å². The highest BCUT2D eigenvalue weighted by Gasteiger charge is 2.65. The van der Waals surface area contributed by atoms with E-state index < -0.39 is 0 Å². The summed E-state index contributed by atoms with van der Waals surface area (Å²) in [7, 11) is 0. The molecule has 0 aromatic rings. The minimum atomic E-state index is 0.237. The van der Waals surface area contributed by atoms with Gasteiger partial charge in [-0.2, -0.15) is 0 Å². The maximum atomic E-state index is 11.5. The molecular formula is C12H19NO2. The van der Waals surface area contributed by atoms with E-state index in [-0.39, 0.29) is 5.91 Å². The minimum absolute atomic E-state index is 0.237. The van der Waals surface area contributed by atoms with Crippen molar-refractivity contribution < 1.29 is 9.53 Å². The number of hydrogen-bond donors (Lipinski definition) is 0. The first kappa shape index (κ1) is 9.64. The van der Waals surface area contributed by atoms with E-state index in [0.29, 0.717) is 29.6 Å². The largest absolute Gasteiger partial charge is 0.370 e. The van der Waals surface area contributed by atoms with Crippen LogP contribution in [0.2, 0.25) is 0 Å². The van der Waals surface area contributed by atoms with Crippen LogP contribution in [0.15, 0.2) is 0 Å². The molecular weight excluding hydrogens is 190 g/mol. The molecule has 1 amide bonds. The lowest BCUT2D eigenvalue weighted by Gasteiger charge is -2.58. The molecule has 3 nitrogen and oxygen atoms in total. The number of ether oxygens (including phenoxy) is 1. The smallest absolute Gasteiger partial charge is 0.219 e. The van der Waals surface area contributed by atoms with Gasteiger partial charge < -0.3 is 9.64 Å². The van der Waals surface area contributed by atoms with Crippen molar-refractivity contribution in [2.24, 2.45) is 11.3 Å². The normalized spacial score (nSPS) is 46.9. The summed E-state index contributed by atoms with van der Waals surface area (Å²) in [4.78, 5) is 13.5. The van der Waals surface area contributed by atoms with Gasteiger partial charge in [-0.05, 0) is 18.8 Å². The fourth-order valence-electron chi connectivity index (χ4n) is 3.92. The summed E-state index contributed by atoms with van der Waals surface area (Å²) in [6.07, 6.45) is 3.43. The zero-order valence-electron chi connectivity index (χ0n) is 9.69. The maximum Gasteiger partial charge on any atom is 0.219 e. The maximum absolute atomic E-state index is 11.5. The molecule has 0 radical (unpaired) electrons. The van der Waals surface area contributed by atoms with Crippen molar-refractivity contribution >= 4 is 5.91 Å². The van der Waals surface area contributed by atoms with Crippen LogP contribution in [-0.4, -0.2) is 35.6 Å². The molecule has 3 fully saturated rings. The number of likely N-dealkylation sites (tertiary alicyclic amines) is 1. The standard InChI is InChI=1S/C12H19NO2/c1-7(2)11-12(6-13(11)8(3)14)4-9-10(5-12)15-9/h7,9-11H,4-6H2,1-3H3. The van der Waals surface area contributed by atoms with Gasteiger partial charge in [0.15, 0.2) is 0 Å². The number of epoxide rings is 1. The van der Waals surface area contributed by atoms with E-state index in [2.05, 4.69) is 18.7 Å². The first-order valence-electron chi connectivity index (χ1n) is 5.96. The summed E-state index contributed by atoms with van der Waals surface area (Å²) in [5.74, 6) is 0.806. The summed E-state index contributed by atoms with van der Waals surface area (Å²) >= 11 is 0. The minimum Gasteiger partial charge on any atom is -0.370 e. The van der Waals surface area contributed by atoms with Crippen molar-refractivity contribution in [2.75, 3.05) is 6.54 Å². The Morgan fingerprint density at radius 1 is 1.40 bits per heavy atom. The molecule has 1 spiro atoms. The molecule has 1 saturated carbocycles. The van der Waals surface area contributed by atoms with Crippen LogP contribution >= 0.6 is 0 Å². The molecule has 3 atom stereocenters. The summed E-state index contributed by atoms with van der Waals surface area (Å²) in [5.41, 5.74) is 0.410. The molecule has 2 saturated heterocycles. The van der Waals surface area contributed by atoms with Crippen molar-refractivity contribution in [1.82, 2.24) is 4.90 Å². The highest BCUT2D eigenvalue weighted by atomic mass is 16.6. The van der Waals surface area contributed by atoms with Crippen molar-refractivity contribution in [3.63, 3.8) is 0 Å². The number of hydrogen-bond acceptors (Lipinski definition) is 2. The first-order chi connectivity index (χ1) is 7.03. The molecule has 3 rings (SSSR count). The lowest BCUT2D eigenvalue weighted by Crippen LogP contribution is -2.67. The van der Waals surface area contributed by atoms with Gasteiger partial charge in [0.05, 0.1) is 12.2 Å². The molecule has 2 heterocycles. The third-order valence-electron chi connectivity index (χ3n) is 4.39. The van der Waals surface area contributed by atoms with Crippen molar-refractivity contribution in [3.8, 4) is 0 Å². The van der Waals surface area contributed by atoms with Gasteiger partial charge in [0.1, 0.15) is 0 Å². The van der Waals surface area contributed by atoms with Crippen LogP contribution in [0, 0.1) is 11.3 Å². The molecule has 0 N–H and O–H groups in total. The fraction of sp³-hybridized carbons (Fsp3) is 0.917. The fourth-order valence-corrected chi connectivity index (χ4v) is 3.92. The van der Waals surface area contributed by atoms with Gasteiger partial charge in [-0.3, -0.25) is 4.79 Å². The molecule has 0 aromatic carbocycles. The quantitative estimate of drug-likeness (QED) is 0.612. The van der Waals surface area contributed by atoms with Gasteiger partial charge in [-0.1, -0.05) is 13.8 Å². The van der Waals surface area contributed by atoms with Crippen LogP contribution in [0.4, 0.5) is 0 Å². The van der Waals surface area contributed by atoms with E-state index in [4.69, 9.17) is 4.74 Å². The lowest BCUT2D eigenvalue weighted by molar-refractivity contribution is -0.160. The lowest BCUT2D eigenvalue weighted by atomic mass is 9.65. The number of rotatable bonds is 1. The second-order valence-corrected chi connectivity index (χ2v) is 5.82. The molecule has 2 aliphatic heterocycles. The number of fused-ring (bicyclic) bond motifs is 1. The van der Waals surface area contributed by atoms with Crippen molar-refractivity contribution in [3.05, 3.63) is 0 Å². The molecule has 3 heteroatoms. The van der Waals surface area contributed by atoms with Crippen LogP contribution in [0.25, 0.3) is 0 Å². The Morgan fingerprint density at radius 2 is 2.00 bits per heavy atom. The Kier molecular flexibility index (Phi) is 1.77. The summed E-state index contributed by atoms with van der Waals surface area (Å²) in [5, 5.41) is 0. The first-order valence-corrected chi connectivity index (χ1v) is 5.96. The van der Waals surface area contributed by atoms with Gasteiger partial charge in [0.25, 0.3) is 0 Å². The third-order valence-corrected chi connectivity index (χ3v) is 4.39. The van der Waals surface area contributed by atoms with Gasteiger partial charge >= 0.3 is 0 Å². The SMILES string of the molecule is CC(=O)N1CC2(CC3OC3C2)C1C(C)C. The Bertz CT molecular complexity index is 303. The van der Waals surface area contributed by atoms with Crippen LogP contribution < -0.4 is 0 Å². The van der Waals surface area contributed by atoms with E-state index in [9.17, 15) is 4.79 Å². The number of carbonyl (C=O) groups excluding carboxylic acids is 1. The van der Waals surface area contributed by atoms with Gasteiger partial charge in [0, 0.05) is 24.9 Å². The average molecular weight is 209 g/mol. The highest BCUT2D eigenvalue weighted by Crippen LogP contribution is 2.59. The Morgan fingerprint density at radius 3 is 2.47 bits per heavy atom. The van der Waals surface area contributed by atoms with Crippen LogP contribution in [0.3, 0.4) is 0 Å².